The number of benzene rings is 1. The summed E-state index contributed by atoms with van der Waals surface area (Å²) in [7, 11) is -1.12. The normalized spacial score (nSPS) is 14.9. The van der Waals surface area contributed by atoms with E-state index in [9.17, 15) is 4.21 Å². The number of aromatic nitrogens is 2. The van der Waals surface area contributed by atoms with Crippen LogP contribution in [-0.2, 0) is 11.0 Å². The van der Waals surface area contributed by atoms with Crippen molar-refractivity contribution in [3.63, 3.8) is 0 Å². The molecule has 1 aromatic heterocycles. The molecule has 0 spiro atoms. The summed E-state index contributed by atoms with van der Waals surface area (Å²) < 4.78 is 16.7. The highest BCUT2D eigenvalue weighted by atomic mass is 35.5. The fourth-order valence-corrected chi connectivity index (χ4v) is 2.63. The monoisotopic (exact) mass is 325 g/mol. The number of hydrogen-bond donors (Lipinski definition) is 1. The third-order valence-corrected chi connectivity index (χ3v) is 4.92. The molecule has 0 unspecified atom stereocenters. The minimum absolute atomic E-state index is 0.0846. The van der Waals surface area contributed by atoms with Crippen LogP contribution in [0.5, 0.6) is 0 Å². The van der Waals surface area contributed by atoms with E-state index in [1.54, 1.807) is 4.68 Å². The van der Waals surface area contributed by atoms with Gasteiger partial charge in [0.2, 0.25) is 0 Å². The molecular formula is C15H20ClN3OS. The van der Waals surface area contributed by atoms with E-state index in [0.717, 1.165) is 11.4 Å². The highest BCUT2D eigenvalue weighted by Crippen LogP contribution is 2.18. The first-order valence-electron chi connectivity index (χ1n) is 6.77. The Morgan fingerprint density at radius 1 is 1.24 bits per heavy atom. The van der Waals surface area contributed by atoms with Gasteiger partial charge in [-0.05, 0) is 58.0 Å². The Hall–Kier alpha value is -1.17. The third-order valence-electron chi connectivity index (χ3n) is 2.98. The molecule has 0 aliphatic heterocycles. The lowest BCUT2D eigenvalue weighted by atomic mass is 10.3. The van der Waals surface area contributed by atoms with Crippen LogP contribution in [0.25, 0.3) is 5.69 Å². The van der Waals surface area contributed by atoms with Crippen LogP contribution in [0.1, 0.15) is 39.4 Å². The Balaban J connectivity index is 2.12. The maximum atomic E-state index is 12.1. The second-order valence-electron chi connectivity index (χ2n) is 5.88. The van der Waals surface area contributed by atoms with Gasteiger partial charge in [0.1, 0.15) is 0 Å². The number of nitrogens with one attached hydrogen (secondary N) is 1. The van der Waals surface area contributed by atoms with Crippen LogP contribution in [0.2, 0.25) is 5.02 Å². The van der Waals surface area contributed by atoms with Gasteiger partial charge >= 0.3 is 0 Å². The van der Waals surface area contributed by atoms with E-state index < -0.39 is 11.0 Å². The van der Waals surface area contributed by atoms with Crippen molar-refractivity contribution in [1.82, 2.24) is 14.5 Å². The fraction of sp³-hybridized carbons (Fsp3) is 0.400. The predicted octanol–water partition coefficient (Wildman–Crippen LogP) is 3.64. The van der Waals surface area contributed by atoms with Gasteiger partial charge in [-0.25, -0.2) is 13.6 Å². The molecule has 2 rings (SSSR count). The van der Waals surface area contributed by atoms with E-state index in [-0.39, 0.29) is 10.8 Å². The third kappa shape index (κ3) is 4.15. The van der Waals surface area contributed by atoms with Crippen LogP contribution in [0.15, 0.2) is 36.5 Å². The topological polar surface area (TPSA) is 46.9 Å². The minimum atomic E-state index is -1.12. The lowest BCUT2D eigenvalue weighted by Gasteiger charge is -2.21. The smallest absolute Gasteiger partial charge is 0.0976 e. The van der Waals surface area contributed by atoms with Crippen molar-refractivity contribution < 1.29 is 4.21 Å². The molecule has 2 aromatic rings. The molecule has 0 fully saturated rings. The summed E-state index contributed by atoms with van der Waals surface area (Å²) in [4.78, 5) is 0. The molecule has 0 bridgehead atoms. The predicted molar refractivity (Wildman–Crippen MR) is 88.0 cm³/mol. The van der Waals surface area contributed by atoms with Crippen LogP contribution in [0.4, 0.5) is 0 Å². The number of nitrogens with zero attached hydrogens (tertiary/aromatic N) is 2. The van der Waals surface area contributed by atoms with Crippen LogP contribution in [0, 0.1) is 0 Å². The van der Waals surface area contributed by atoms with Gasteiger partial charge in [-0.1, -0.05) is 11.6 Å². The molecular weight excluding hydrogens is 306 g/mol. The van der Waals surface area contributed by atoms with E-state index >= 15 is 0 Å². The van der Waals surface area contributed by atoms with Crippen molar-refractivity contribution in [2.75, 3.05) is 0 Å². The van der Waals surface area contributed by atoms with Crippen molar-refractivity contribution in [1.29, 1.82) is 0 Å². The van der Waals surface area contributed by atoms with E-state index in [0.29, 0.717) is 5.02 Å². The molecule has 1 aromatic carbocycles. The molecule has 0 radical (unpaired) electrons. The highest BCUT2D eigenvalue weighted by Gasteiger charge is 2.22. The molecule has 4 nitrogen and oxygen atoms in total. The van der Waals surface area contributed by atoms with Crippen molar-refractivity contribution in [3.8, 4) is 5.69 Å². The molecule has 0 amide bonds. The molecule has 2 atom stereocenters. The van der Waals surface area contributed by atoms with Crippen LogP contribution in [0.3, 0.4) is 0 Å². The standard InChI is InChI=1S/C15H20ClN3OS/c1-11(18-21(20)15(2,3)4)14-9-10-19(17-14)13-7-5-12(16)6-8-13/h5-11,18H,1-4H3/t11-,21+/m1/s1. The van der Waals surface area contributed by atoms with Gasteiger partial charge in [0.25, 0.3) is 0 Å². The second-order valence-corrected chi connectivity index (χ2v) is 8.32. The Bertz CT molecular complexity index is 631. The number of rotatable bonds is 4. The van der Waals surface area contributed by atoms with Crippen LogP contribution >= 0.6 is 11.6 Å². The Morgan fingerprint density at radius 2 is 1.86 bits per heavy atom. The van der Waals surface area contributed by atoms with Crippen LogP contribution < -0.4 is 4.72 Å². The van der Waals surface area contributed by atoms with E-state index in [4.69, 9.17) is 11.6 Å². The first kappa shape index (κ1) is 16.2. The van der Waals surface area contributed by atoms with Gasteiger partial charge in [-0.3, -0.25) is 0 Å². The molecule has 114 valence electrons. The maximum Gasteiger partial charge on any atom is 0.0976 e. The summed E-state index contributed by atoms with van der Waals surface area (Å²) in [6.45, 7) is 7.78. The first-order valence-corrected chi connectivity index (χ1v) is 8.30. The average molecular weight is 326 g/mol. The number of halogens is 1. The summed E-state index contributed by atoms with van der Waals surface area (Å²) in [5.41, 5.74) is 1.79. The first-order chi connectivity index (χ1) is 9.77. The zero-order valence-electron chi connectivity index (χ0n) is 12.6. The Morgan fingerprint density at radius 3 is 2.43 bits per heavy atom. The lowest BCUT2D eigenvalue weighted by molar-refractivity contribution is 0.608. The summed E-state index contributed by atoms with van der Waals surface area (Å²) in [6, 6.07) is 9.31. The molecule has 0 saturated heterocycles. The SMILES string of the molecule is C[C@@H](N[S@@](=O)C(C)(C)C)c1ccn(-c2ccc(Cl)cc2)n1. The lowest BCUT2D eigenvalue weighted by Crippen LogP contribution is -2.35. The largest absolute Gasteiger partial charge is 0.242 e. The van der Waals surface area contributed by atoms with Gasteiger partial charge < -0.3 is 0 Å². The average Bonchev–Trinajstić information content (AvgIpc) is 2.88. The van der Waals surface area contributed by atoms with Crippen molar-refractivity contribution in [2.45, 2.75) is 38.5 Å². The van der Waals surface area contributed by atoms with Gasteiger partial charge in [-0.2, -0.15) is 5.10 Å². The van der Waals surface area contributed by atoms with Crippen molar-refractivity contribution in [2.24, 2.45) is 0 Å². The van der Waals surface area contributed by atoms with Crippen molar-refractivity contribution in [3.05, 3.63) is 47.2 Å². The molecule has 6 heteroatoms. The molecule has 0 aliphatic carbocycles. The number of hydrogen-bond acceptors (Lipinski definition) is 2. The fourth-order valence-electron chi connectivity index (χ4n) is 1.70. The minimum Gasteiger partial charge on any atom is -0.242 e. The summed E-state index contributed by atoms with van der Waals surface area (Å²) in [5.74, 6) is 0. The molecule has 1 heterocycles. The van der Waals surface area contributed by atoms with Gasteiger partial charge in [0.05, 0.1) is 33.2 Å². The Labute approximate surface area is 133 Å². The van der Waals surface area contributed by atoms with Gasteiger partial charge in [0.15, 0.2) is 0 Å². The molecule has 0 aliphatic rings. The summed E-state index contributed by atoms with van der Waals surface area (Å²) >= 11 is 5.88. The summed E-state index contributed by atoms with van der Waals surface area (Å²) in [6.07, 6.45) is 1.89. The highest BCUT2D eigenvalue weighted by molar-refractivity contribution is 7.84. The Kier molecular flexibility index (Phi) is 4.86. The van der Waals surface area contributed by atoms with E-state index in [1.165, 1.54) is 0 Å². The molecule has 21 heavy (non-hydrogen) atoms. The zero-order chi connectivity index (χ0) is 15.6. The molecule has 0 saturated carbocycles. The second kappa shape index (κ2) is 6.30. The quantitative estimate of drug-likeness (QED) is 0.933. The van der Waals surface area contributed by atoms with E-state index in [1.807, 2.05) is 64.2 Å². The van der Waals surface area contributed by atoms with Crippen LogP contribution in [-0.4, -0.2) is 18.7 Å². The van der Waals surface area contributed by atoms with Gasteiger partial charge in [0, 0.05) is 11.2 Å². The van der Waals surface area contributed by atoms with Crippen molar-refractivity contribution >= 4 is 22.6 Å². The zero-order valence-corrected chi connectivity index (χ0v) is 14.2. The molecule has 1 N–H and O–H groups in total. The summed E-state index contributed by atoms with van der Waals surface area (Å²) in [5, 5.41) is 5.22. The van der Waals surface area contributed by atoms with E-state index in [2.05, 4.69) is 9.82 Å². The maximum absolute atomic E-state index is 12.1. The van der Waals surface area contributed by atoms with Gasteiger partial charge in [-0.15, -0.1) is 0 Å².